The third-order valence-electron chi connectivity index (χ3n) is 2.71. The Morgan fingerprint density at radius 3 is 2.70 bits per heavy atom. The summed E-state index contributed by atoms with van der Waals surface area (Å²) in [7, 11) is -0.852. The van der Waals surface area contributed by atoms with Crippen molar-refractivity contribution in [3.8, 4) is 0 Å². The van der Waals surface area contributed by atoms with Crippen molar-refractivity contribution in [3.05, 3.63) is 23.4 Å². The zero-order valence-corrected chi connectivity index (χ0v) is 13.2. The average Bonchev–Trinajstić information content (AvgIpc) is 2.44. The molecule has 1 rings (SSSR count). The van der Waals surface area contributed by atoms with Crippen molar-refractivity contribution in [2.75, 3.05) is 29.9 Å². The standard InChI is InChI=1S/C14H23N3O2S/c1-4-6-15-13-10-12(9-11(3)17-13)14(18)16-7-8-20(19)5-2/h9-10H,4-8H2,1-3H3,(H,15,17)(H,16,18). The van der Waals surface area contributed by atoms with Gasteiger partial charge < -0.3 is 10.6 Å². The van der Waals surface area contributed by atoms with E-state index in [0.29, 0.717) is 29.4 Å². The Morgan fingerprint density at radius 2 is 2.05 bits per heavy atom. The van der Waals surface area contributed by atoms with Gasteiger partial charge >= 0.3 is 0 Å². The predicted molar refractivity (Wildman–Crippen MR) is 83.6 cm³/mol. The summed E-state index contributed by atoms with van der Waals surface area (Å²) >= 11 is 0. The van der Waals surface area contributed by atoms with Crippen LogP contribution in [-0.2, 0) is 10.8 Å². The molecule has 0 aromatic carbocycles. The second-order valence-corrected chi connectivity index (χ2v) is 6.36. The van der Waals surface area contributed by atoms with Gasteiger partial charge in [-0.05, 0) is 25.5 Å². The molecule has 0 saturated carbocycles. The lowest BCUT2D eigenvalue weighted by Gasteiger charge is -2.09. The zero-order chi connectivity index (χ0) is 15.0. The summed E-state index contributed by atoms with van der Waals surface area (Å²) in [5.41, 5.74) is 1.38. The summed E-state index contributed by atoms with van der Waals surface area (Å²) in [5, 5.41) is 5.96. The number of rotatable bonds is 8. The van der Waals surface area contributed by atoms with Gasteiger partial charge in [0.2, 0.25) is 0 Å². The van der Waals surface area contributed by atoms with Gasteiger partial charge in [0.15, 0.2) is 0 Å². The maximum Gasteiger partial charge on any atom is 0.251 e. The summed E-state index contributed by atoms with van der Waals surface area (Å²) in [6.07, 6.45) is 1.000. The quantitative estimate of drug-likeness (QED) is 0.766. The van der Waals surface area contributed by atoms with E-state index >= 15 is 0 Å². The molecule has 0 spiro atoms. The Kier molecular flexibility index (Phi) is 7.22. The first-order chi connectivity index (χ1) is 9.56. The normalized spacial score (nSPS) is 11.9. The van der Waals surface area contributed by atoms with Crippen LogP contribution < -0.4 is 10.6 Å². The number of hydrogen-bond donors (Lipinski definition) is 2. The SMILES string of the molecule is CCCNc1cc(C(=O)NCCS(=O)CC)cc(C)n1. The molecule has 20 heavy (non-hydrogen) atoms. The molecule has 0 radical (unpaired) electrons. The van der Waals surface area contributed by atoms with Crippen molar-refractivity contribution in [1.82, 2.24) is 10.3 Å². The molecule has 112 valence electrons. The van der Waals surface area contributed by atoms with Crippen LogP contribution in [0.4, 0.5) is 5.82 Å². The third-order valence-corrected chi connectivity index (χ3v) is 4.01. The van der Waals surface area contributed by atoms with E-state index in [-0.39, 0.29) is 5.91 Å². The highest BCUT2D eigenvalue weighted by Gasteiger charge is 2.08. The molecule has 6 heteroatoms. The molecule has 1 aromatic heterocycles. The van der Waals surface area contributed by atoms with E-state index in [1.165, 1.54) is 0 Å². The van der Waals surface area contributed by atoms with E-state index in [9.17, 15) is 9.00 Å². The van der Waals surface area contributed by atoms with Gasteiger partial charge in [0, 0.05) is 46.7 Å². The summed E-state index contributed by atoms with van der Waals surface area (Å²) < 4.78 is 11.3. The summed E-state index contributed by atoms with van der Waals surface area (Å²) in [5.74, 6) is 1.68. The van der Waals surface area contributed by atoms with Crippen molar-refractivity contribution in [3.63, 3.8) is 0 Å². The predicted octanol–water partition coefficient (Wildman–Crippen LogP) is 1.71. The van der Waals surface area contributed by atoms with Crippen LogP contribution in [0.15, 0.2) is 12.1 Å². The monoisotopic (exact) mass is 297 g/mol. The average molecular weight is 297 g/mol. The van der Waals surface area contributed by atoms with Crippen molar-refractivity contribution in [2.24, 2.45) is 0 Å². The maximum absolute atomic E-state index is 12.0. The minimum absolute atomic E-state index is 0.150. The first kappa shape index (κ1) is 16.6. The van der Waals surface area contributed by atoms with Crippen LogP contribution in [0.5, 0.6) is 0 Å². The van der Waals surface area contributed by atoms with Gasteiger partial charge in [-0.3, -0.25) is 9.00 Å². The fourth-order valence-corrected chi connectivity index (χ4v) is 2.29. The van der Waals surface area contributed by atoms with Gasteiger partial charge in [-0.25, -0.2) is 4.98 Å². The van der Waals surface area contributed by atoms with Crippen LogP contribution in [0.2, 0.25) is 0 Å². The number of nitrogens with one attached hydrogen (secondary N) is 2. The van der Waals surface area contributed by atoms with E-state index in [2.05, 4.69) is 22.5 Å². The van der Waals surface area contributed by atoms with Gasteiger partial charge in [-0.1, -0.05) is 13.8 Å². The summed E-state index contributed by atoms with van der Waals surface area (Å²) in [4.78, 5) is 16.4. The number of aryl methyl sites for hydroxylation is 1. The molecule has 1 amide bonds. The van der Waals surface area contributed by atoms with Crippen LogP contribution in [0.3, 0.4) is 0 Å². The number of carbonyl (C=O) groups is 1. The van der Waals surface area contributed by atoms with E-state index < -0.39 is 10.8 Å². The van der Waals surface area contributed by atoms with Crippen molar-refractivity contribution in [1.29, 1.82) is 0 Å². The Morgan fingerprint density at radius 1 is 1.30 bits per heavy atom. The largest absolute Gasteiger partial charge is 0.370 e. The van der Waals surface area contributed by atoms with E-state index in [1.54, 1.807) is 12.1 Å². The minimum atomic E-state index is -0.852. The molecule has 5 nitrogen and oxygen atoms in total. The van der Waals surface area contributed by atoms with Crippen LogP contribution >= 0.6 is 0 Å². The Hall–Kier alpha value is -1.43. The van der Waals surface area contributed by atoms with Crippen LogP contribution in [0, 0.1) is 6.92 Å². The highest BCUT2D eigenvalue weighted by atomic mass is 32.2. The Labute approximate surface area is 123 Å². The Balaban J connectivity index is 2.62. The molecular weight excluding hydrogens is 274 g/mol. The minimum Gasteiger partial charge on any atom is -0.370 e. The topological polar surface area (TPSA) is 71.1 Å². The molecule has 1 atom stereocenters. The third kappa shape index (κ3) is 5.69. The summed E-state index contributed by atoms with van der Waals surface area (Å²) in [6, 6.07) is 3.50. The van der Waals surface area contributed by atoms with Gasteiger partial charge in [0.1, 0.15) is 5.82 Å². The van der Waals surface area contributed by atoms with Crippen LogP contribution in [0.25, 0.3) is 0 Å². The molecule has 1 aromatic rings. The lowest BCUT2D eigenvalue weighted by molar-refractivity contribution is 0.0956. The van der Waals surface area contributed by atoms with E-state index in [0.717, 1.165) is 18.7 Å². The van der Waals surface area contributed by atoms with Gasteiger partial charge in [-0.2, -0.15) is 0 Å². The maximum atomic E-state index is 12.0. The van der Waals surface area contributed by atoms with Crippen molar-refractivity contribution >= 4 is 22.5 Å². The molecule has 0 saturated heterocycles. The van der Waals surface area contributed by atoms with Crippen molar-refractivity contribution in [2.45, 2.75) is 27.2 Å². The number of nitrogens with zero attached hydrogens (tertiary/aromatic N) is 1. The highest BCUT2D eigenvalue weighted by molar-refractivity contribution is 7.84. The summed E-state index contributed by atoms with van der Waals surface area (Å²) in [6.45, 7) is 7.06. The molecule has 1 heterocycles. The number of aromatic nitrogens is 1. The molecule has 0 aliphatic carbocycles. The highest BCUT2D eigenvalue weighted by Crippen LogP contribution is 2.10. The lowest BCUT2D eigenvalue weighted by Crippen LogP contribution is -2.28. The van der Waals surface area contributed by atoms with Crippen LogP contribution in [-0.4, -0.2) is 39.7 Å². The van der Waals surface area contributed by atoms with Gasteiger partial charge in [0.05, 0.1) is 0 Å². The second kappa shape index (κ2) is 8.68. The van der Waals surface area contributed by atoms with Gasteiger partial charge in [0.25, 0.3) is 5.91 Å². The smallest absolute Gasteiger partial charge is 0.251 e. The molecule has 0 aliphatic heterocycles. The molecule has 0 fully saturated rings. The lowest BCUT2D eigenvalue weighted by atomic mass is 10.2. The van der Waals surface area contributed by atoms with Gasteiger partial charge in [-0.15, -0.1) is 0 Å². The molecule has 0 aliphatic rings. The van der Waals surface area contributed by atoms with Crippen LogP contribution in [0.1, 0.15) is 36.3 Å². The molecular formula is C14H23N3O2S. The van der Waals surface area contributed by atoms with Crippen molar-refractivity contribution < 1.29 is 9.00 Å². The number of amides is 1. The molecule has 2 N–H and O–H groups in total. The fourth-order valence-electron chi connectivity index (χ4n) is 1.67. The first-order valence-electron chi connectivity index (χ1n) is 6.92. The molecule has 0 bridgehead atoms. The fraction of sp³-hybridized carbons (Fsp3) is 0.571. The molecule has 1 unspecified atom stereocenters. The number of hydrogen-bond acceptors (Lipinski definition) is 4. The number of pyridine rings is 1. The van der Waals surface area contributed by atoms with E-state index in [1.807, 2.05) is 13.8 Å². The zero-order valence-electron chi connectivity index (χ0n) is 12.4. The second-order valence-electron chi connectivity index (χ2n) is 4.50. The Bertz CT molecular complexity index is 477. The number of anilines is 1. The number of carbonyl (C=O) groups excluding carboxylic acids is 1. The first-order valence-corrected chi connectivity index (χ1v) is 8.41. The van der Waals surface area contributed by atoms with E-state index in [4.69, 9.17) is 0 Å².